The average molecular weight is 538 g/mol. The third kappa shape index (κ3) is 4.76. The lowest BCUT2D eigenvalue weighted by atomic mass is 9.98. The maximum absolute atomic E-state index is 14.4. The minimum atomic E-state index is -0.604. The minimum Gasteiger partial charge on any atom is -0.494 e. The van der Waals surface area contributed by atoms with Crippen molar-refractivity contribution in [3.8, 4) is 16.9 Å². The number of nitrogens with two attached hydrogens (primary N) is 1. The number of aromatic amines is 1. The first-order valence-electron chi connectivity index (χ1n) is 13.1. The maximum atomic E-state index is 14.4. The third-order valence-corrected chi connectivity index (χ3v) is 7.48. The van der Waals surface area contributed by atoms with Crippen molar-refractivity contribution in [2.45, 2.75) is 6.54 Å². The molecule has 1 aliphatic heterocycles. The molecule has 1 aliphatic rings. The number of amides is 2. The Hall–Kier alpha value is -4.76. The van der Waals surface area contributed by atoms with E-state index in [1.54, 1.807) is 24.4 Å². The van der Waals surface area contributed by atoms with E-state index in [9.17, 15) is 14.0 Å². The summed E-state index contributed by atoms with van der Waals surface area (Å²) in [6.07, 6.45) is 1.79. The van der Waals surface area contributed by atoms with Gasteiger partial charge in [-0.1, -0.05) is 18.2 Å². The van der Waals surface area contributed by atoms with E-state index >= 15 is 0 Å². The van der Waals surface area contributed by atoms with Gasteiger partial charge in [-0.3, -0.25) is 19.5 Å². The molecule has 0 saturated carbocycles. The van der Waals surface area contributed by atoms with Crippen molar-refractivity contribution in [3.63, 3.8) is 0 Å². The van der Waals surface area contributed by atoms with Crippen LogP contribution in [0, 0.1) is 5.82 Å². The van der Waals surface area contributed by atoms with Crippen LogP contribution in [-0.2, 0) is 6.54 Å². The van der Waals surface area contributed by atoms with Crippen LogP contribution in [0.15, 0.2) is 72.9 Å². The highest BCUT2D eigenvalue weighted by molar-refractivity contribution is 6.17. The maximum Gasteiger partial charge on any atom is 0.254 e. The molecule has 2 amide bonds. The molecule has 5 aromatic rings. The van der Waals surface area contributed by atoms with E-state index < -0.39 is 11.7 Å². The lowest BCUT2D eigenvalue weighted by molar-refractivity contribution is 0.0627. The van der Waals surface area contributed by atoms with Crippen molar-refractivity contribution in [3.05, 3.63) is 95.6 Å². The van der Waals surface area contributed by atoms with E-state index in [0.29, 0.717) is 35.3 Å². The molecule has 9 heteroatoms. The molecule has 3 N–H and O–H groups in total. The van der Waals surface area contributed by atoms with Crippen LogP contribution >= 0.6 is 0 Å². The van der Waals surface area contributed by atoms with Gasteiger partial charge in [-0.2, -0.15) is 0 Å². The Kier molecular flexibility index (Phi) is 6.65. The van der Waals surface area contributed by atoms with Crippen LogP contribution in [0.2, 0.25) is 0 Å². The Balaban J connectivity index is 1.28. The lowest BCUT2D eigenvalue weighted by Crippen LogP contribution is -2.48. The molecule has 3 aromatic carbocycles. The number of rotatable bonds is 6. The van der Waals surface area contributed by atoms with Gasteiger partial charge in [-0.15, -0.1) is 0 Å². The fraction of sp³-hybridized carbons (Fsp3) is 0.194. The normalized spacial score (nSPS) is 14.1. The molecule has 1 fully saturated rings. The van der Waals surface area contributed by atoms with E-state index in [2.05, 4.69) is 14.9 Å². The Bertz CT molecular complexity index is 1740. The van der Waals surface area contributed by atoms with E-state index in [0.717, 1.165) is 41.6 Å². The molecule has 40 heavy (non-hydrogen) atoms. The predicted molar refractivity (Wildman–Crippen MR) is 152 cm³/mol. The van der Waals surface area contributed by atoms with Gasteiger partial charge >= 0.3 is 0 Å². The van der Waals surface area contributed by atoms with Crippen molar-refractivity contribution in [2.24, 2.45) is 5.73 Å². The first kappa shape index (κ1) is 25.5. The van der Waals surface area contributed by atoms with Crippen LogP contribution in [0.25, 0.3) is 32.9 Å². The molecular formula is C31H28FN5O3. The molecule has 0 atom stereocenters. The number of carbonyl (C=O) groups excluding carboxylic acids is 2. The predicted octanol–water partition coefficient (Wildman–Crippen LogP) is 4.59. The molecule has 202 valence electrons. The Morgan fingerprint density at radius 2 is 1.80 bits per heavy atom. The number of nitrogens with one attached hydrogen (secondary N) is 1. The summed E-state index contributed by atoms with van der Waals surface area (Å²) < 4.78 is 19.5. The Labute approximate surface area is 230 Å². The van der Waals surface area contributed by atoms with Gasteiger partial charge in [0.25, 0.3) is 11.8 Å². The van der Waals surface area contributed by atoms with Crippen LogP contribution < -0.4 is 10.5 Å². The zero-order valence-corrected chi connectivity index (χ0v) is 22.0. The lowest BCUT2D eigenvalue weighted by Gasteiger charge is -2.34. The third-order valence-electron chi connectivity index (χ3n) is 7.48. The highest BCUT2D eigenvalue weighted by Gasteiger charge is 2.23. The summed E-state index contributed by atoms with van der Waals surface area (Å²) in [6.45, 7) is 3.56. The van der Waals surface area contributed by atoms with Gasteiger partial charge < -0.3 is 20.4 Å². The highest BCUT2D eigenvalue weighted by atomic mass is 19.1. The first-order valence-corrected chi connectivity index (χ1v) is 13.1. The Morgan fingerprint density at radius 3 is 2.50 bits per heavy atom. The molecule has 1 saturated heterocycles. The average Bonchev–Trinajstić information content (AvgIpc) is 3.35. The summed E-state index contributed by atoms with van der Waals surface area (Å²) in [5.41, 5.74) is 10.1. The molecule has 8 nitrogen and oxygen atoms in total. The van der Waals surface area contributed by atoms with E-state index in [-0.39, 0.29) is 17.2 Å². The number of halogens is 1. The van der Waals surface area contributed by atoms with Crippen molar-refractivity contribution in [1.29, 1.82) is 0 Å². The number of hydrogen-bond donors (Lipinski definition) is 2. The monoisotopic (exact) mass is 537 g/mol. The van der Waals surface area contributed by atoms with Crippen LogP contribution in [0.3, 0.4) is 0 Å². The number of pyridine rings is 1. The van der Waals surface area contributed by atoms with Crippen LogP contribution in [0.4, 0.5) is 4.39 Å². The van der Waals surface area contributed by atoms with Gasteiger partial charge in [0.15, 0.2) is 11.6 Å². The number of hydrogen-bond acceptors (Lipinski definition) is 5. The van der Waals surface area contributed by atoms with Crippen molar-refractivity contribution < 1.29 is 18.7 Å². The van der Waals surface area contributed by atoms with E-state index in [4.69, 9.17) is 10.5 Å². The molecule has 0 unspecified atom stereocenters. The number of piperazine rings is 1. The smallest absolute Gasteiger partial charge is 0.254 e. The van der Waals surface area contributed by atoms with Crippen molar-refractivity contribution in [1.82, 2.24) is 19.8 Å². The fourth-order valence-electron chi connectivity index (χ4n) is 5.36. The molecule has 0 radical (unpaired) electrons. The van der Waals surface area contributed by atoms with Crippen LogP contribution in [0.5, 0.6) is 5.75 Å². The van der Waals surface area contributed by atoms with Gasteiger partial charge in [0.2, 0.25) is 0 Å². The number of nitrogens with zero attached hydrogens (tertiary/aromatic N) is 3. The van der Waals surface area contributed by atoms with Crippen LogP contribution in [0.1, 0.15) is 26.4 Å². The van der Waals surface area contributed by atoms with Crippen molar-refractivity contribution in [2.75, 3.05) is 33.3 Å². The number of H-pyrrole nitrogens is 1. The molecular weight excluding hydrogens is 509 g/mol. The summed E-state index contributed by atoms with van der Waals surface area (Å²) in [5, 5.41) is 1.60. The van der Waals surface area contributed by atoms with Gasteiger partial charge in [0, 0.05) is 60.8 Å². The minimum absolute atomic E-state index is 0.0393. The second kappa shape index (κ2) is 10.4. The molecule has 2 aromatic heterocycles. The second-order valence-corrected chi connectivity index (χ2v) is 9.93. The zero-order chi connectivity index (χ0) is 27.8. The number of aromatic nitrogens is 2. The van der Waals surface area contributed by atoms with Gasteiger partial charge in [0.05, 0.1) is 23.9 Å². The standard InChI is InChI=1S/C31H28FN5O3/c1-40-28-8-6-19(16-26(28)32)21-14-24-23-7-5-20(17-27(23)35-29(24)25(15-21)30(33)38)31(39)37-12-10-36(11-13-37)18-22-4-2-3-9-34-22/h2-9,14-17,35H,10-13,18H2,1H3,(H2,33,38). The molecule has 0 bridgehead atoms. The molecule has 0 spiro atoms. The second-order valence-electron chi connectivity index (χ2n) is 9.93. The quantitative estimate of drug-likeness (QED) is 0.330. The van der Waals surface area contributed by atoms with Gasteiger partial charge in [-0.05, 0) is 59.7 Å². The number of fused-ring (bicyclic) bond motifs is 3. The summed E-state index contributed by atoms with van der Waals surface area (Å²) in [7, 11) is 1.41. The van der Waals surface area contributed by atoms with E-state index in [1.807, 2.05) is 47.4 Å². The first-order chi connectivity index (χ1) is 19.4. The summed E-state index contributed by atoms with van der Waals surface area (Å²) in [4.78, 5) is 37.6. The largest absolute Gasteiger partial charge is 0.494 e. The molecule has 6 rings (SSSR count). The molecule has 0 aliphatic carbocycles. The van der Waals surface area contributed by atoms with E-state index in [1.165, 1.54) is 13.2 Å². The number of primary amides is 1. The number of carbonyl (C=O) groups is 2. The topological polar surface area (TPSA) is 105 Å². The van der Waals surface area contributed by atoms with Gasteiger partial charge in [0.1, 0.15) is 0 Å². The van der Waals surface area contributed by atoms with Crippen molar-refractivity contribution >= 4 is 33.6 Å². The molecule has 3 heterocycles. The highest BCUT2D eigenvalue weighted by Crippen LogP contribution is 2.34. The Morgan fingerprint density at radius 1 is 0.975 bits per heavy atom. The summed E-state index contributed by atoms with van der Waals surface area (Å²) in [5.74, 6) is -1.01. The SMILES string of the molecule is COc1ccc(-c2cc(C(N)=O)c3[nH]c4cc(C(=O)N5CCN(Cc6ccccn6)CC5)ccc4c3c2)cc1F. The number of methoxy groups -OCH3 is 1. The fourth-order valence-corrected chi connectivity index (χ4v) is 5.36. The number of ether oxygens (including phenoxy) is 1. The number of benzene rings is 3. The summed E-state index contributed by atoms with van der Waals surface area (Å²) in [6, 6.07) is 19.6. The van der Waals surface area contributed by atoms with Gasteiger partial charge in [-0.25, -0.2) is 4.39 Å². The zero-order valence-electron chi connectivity index (χ0n) is 22.0. The summed E-state index contributed by atoms with van der Waals surface area (Å²) >= 11 is 0. The van der Waals surface area contributed by atoms with Crippen LogP contribution in [-0.4, -0.2) is 64.9 Å².